The van der Waals surface area contributed by atoms with Gasteiger partial charge >= 0.3 is 6.18 Å². The van der Waals surface area contributed by atoms with Crippen molar-refractivity contribution in [3.63, 3.8) is 0 Å². The molecule has 1 aliphatic heterocycles. The molecule has 3 N–H and O–H groups in total. The molecular weight excluding hydrogens is 292 g/mol. The molecule has 1 aliphatic rings. The van der Waals surface area contributed by atoms with E-state index in [0.717, 1.165) is 12.1 Å². The van der Waals surface area contributed by atoms with Crippen LogP contribution in [0.4, 0.5) is 13.2 Å². The predicted molar refractivity (Wildman–Crippen MR) is 65.0 cm³/mol. The Kier molecular flexibility index (Phi) is 4.53. The number of hydrogen-bond acceptors (Lipinski definition) is 4. The van der Waals surface area contributed by atoms with Crippen LogP contribution in [-0.2, 0) is 6.18 Å². The van der Waals surface area contributed by atoms with Gasteiger partial charge in [-0.1, -0.05) is 6.07 Å². The van der Waals surface area contributed by atoms with Crippen LogP contribution in [-0.4, -0.2) is 0 Å². The predicted octanol–water partition coefficient (Wildman–Crippen LogP) is 3.11. The van der Waals surface area contributed by atoms with Gasteiger partial charge in [-0.05, 0) is 18.2 Å². The molecule has 17 heavy (non-hydrogen) atoms. The van der Waals surface area contributed by atoms with Gasteiger partial charge in [0.1, 0.15) is 5.75 Å². The van der Waals surface area contributed by atoms with Crippen molar-refractivity contribution >= 4 is 26.2 Å². The third-order valence-corrected chi connectivity index (χ3v) is 5.71. The number of halogens is 3. The second kappa shape index (κ2) is 5.75. The van der Waals surface area contributed by atoms with E-state index in [2.05, 4.69) is 14.6 Å². The van der Waals surface area contributed by atoms with Crippen LogP contribution in [0.3, 0.4) is 0 Å². The first kappa shape index (κ1) is 13.4. The Morgan fingerprint density at radius 2 is 1.88 bits per heavy atom. The molecular formula is C7H9F3N3OP3. The first-order valence-corrected chi connectivity index (χ1v) is 7.73. The topological polar surface area (TPSA) is 45.3 Å². The molecule has 0 saturated carbocycles. The van der Waals surface area contributed by atoms with Gasteiger partial charge in [0.15, 0.2) is 0 Å². The van der Waals surface area contributed by atoms with Crippen molar-refractivity contribution in [3.8, 4) is 5.75 Å². The molecule has 10 heteroatoms. The van der Waals surface area contributed by atoms with Gasteiger partial charge in [-0.15, -0.1) is 0 Å². The number of nitrogens with one attached hydrogen (secondary N) is 3. The number of rotatable bonds is 2. The smallest absolute Gasteiger partial charge is 0.416 e. The van der Waals surface area contributed by atoms with Gasteiger partial charge in [-0.2, -0.15) is 13.2 Å². The molecule has 4 nitrogen and oxygen atoms in total. The van der Waals surface area contributed by atoms with Gasteiger partial charge in [-0.25, -0.2) is 9.72 Å². The fourth-order valence-corrected chi connectivity index (χ4v) is 5.03. The molecule has 0 amide bonds. The third kappa shape index (κ3) is 3.99. The Labute approximate surface area is 101 Å². The van der Waals surface area contributed by atoms with Gasteiger partial charge in [0, 0.05) is 17.8 Å². The van der Waals surface area contributed by atoms with Crippen molar-refractivity contribution in [2.24, 2.45) is 0 Å². The van der Waals surface area contributed by atoms with Gasteiger partial charge in [0.05, 0.1) is 5.56 Å². The van der Waals surface area contributed by atoms with Gasteiger partial charge < -0.3 is 4.52 Å². The Hall–Kier alpha value is -0.0200. The lowest BCUT2D eigenvalue weighted by molar-refractivity contribution is -0.137. The highest BCUT2D eigenvalue weighted by molar-refractivity contribution is 7.71. The molecule has 1 saturated heterocycles. The van der Waals surface area contributed by atoms with Gasteiger partial charge in [0.2, 0.25) is 0 Å². The highest BCUT2D eigenvalue weighted by Gasteiger charge is 2.30. The Morgan fingerprint density at radius 1 is 1.18 bits per heavy atom. The summed E-state index contributed by atoms with van der Waals surface area (Å²) in [4.78, 5) is 9.02. The molecule has 2 unspecified atom stereocenters. The molecule has 1 aromatic rings. The second-order valence-electron chi connectivity index (χ2n) is 3.01. The van der Waals surface area contributed by atoms with Crippen LogP contribution >= 0.6 is 26.2 Å². The standard InChI is InChI=1S/C7H9F3N3OP3/c8-7(9,10)5-2-1-3-6(4-5)14-17-12-15-11-16-13-17/h1-4,11-13,15-16H. The highest BCUT2D eigenvalue weighted by Crippen LogP contribution is 2.41. The van der Waals surface area contributed by atoms with E-state index in [1.807, 2.05) is 0 Å². The third-order valence-electron chi connectivity index (χ3n) is 1.80. The Morgan fingerprint density at radius 3 is 2.53 bits per heavy atom. The molecule has 1 fully saturated rings. The fraction of sp³-hybridized carbons (Fsp3) is 0.143. The van der Waals surface area contributed by atoms with Gasteiger partial charge in [-0.3, -0.25) is 4.86 Å². The minimum absolute atomic E-state index is 0.211. The second-order valence-corrected chi connectivity index (χ2v) is 7.07. The van der Waals surface area contributed by atoms with Gasteiger partial charge in [0.25, 0.3) is 8.45 Å². The molecule has 0 aliphatic carbocycles. The summed E-state index contributed by atoms with van der Waals surface area (Å²) in [6, 6.07) is 4.86. The van der Waals surface area contributed by atoms with Crippen LogP contribution < -0.4 is 19.1 Å². The highest BCUT2D eigenvalue weighted by atomic mass is 31.2. The lowest BCUT2D eigenvalue weighted by Gasteiger charge is -2.24. The van der Waals surface area contributed by atoms with Crippen molar-refractivity contribution in [1.82, 2.24) is 14.6 Å². The summed E-state index contributed by atoms with van der Waals surface area (Å²) in [6.07, 6.45) is -4.34. The van der Waals surface area contributed by atoms with Crippen molar-refractivity contribution in [2.45, 2.75) is 6.18 Å². The first-order valence-electron chi connectivity index (χ1n) is 4.47. The molecule has 0 aromatic heterocycles. The van der Waals surface area contributed by atoms with Crippen LogP contribution in [0.1, 0.15) is 5.56 Å². The first-order chi connectivity index (χ1) is 8.05. The summed E-state index contributed by atoms with van der Waals surface area (Å²) >= 11 is 0. The Bertz CT molecular complexity index is 386. The van der Waals surface area contributed by atoms with E-state index in [-0.39, 0.29) is 5.75 Å². The summed E-state index contributed by atoms with van der Waals surface area (Å²) in [5, 5.41) is 0. The largest absolute Gasteiger partial charge is 0.444 e. The number of benzene rings is 1. The molecule has 0 spiro atoms. The van der Waals surface area contributed by atoms with E-state index < -0.39 is 20.2 Å². The average molecular weight is 301 g/mol. The van der Waals surface area contributed by atoms with Crippen LogP contribution in [0.15, 0.2) is 24.3 Å². The number of hydrogen-bond donors (Lipinski definition) is 3. The van der Waals surface area contributed by atoms with E-state index in [9.17, 15) is 13.2 Å². The molecule has 1 aromatic carbocycles. The van der Waals surface area contributed by atoms with Crippen LogP contribution in [0.5, 0.6) is 5.75 Å². The van der Waals surface area contributed by atoms with Crippen molar-refractivity contribution in [2.75, 3.05) is 0 Å². The van der Waals surface area contributed by atoms with E-state index in [1.54, 1.807) is 0 Å². The lowest BCUT2D eigenvalue weighted by atomic mass is 10.2. The summed E-state index contributed by atoms with van der Waals surface area (Å²) in [7, 11) is -0.398. The van der Waals surface area contributed by atoms with E-state index in [1.165, 1.54) is 12.1 Å². The maximum Gasteiger partial charge on any atom is 0.416 e. The van der Waals surface area contributed by atoms with Crippen molar-refractivity contribution < 1.29 is 17.7 Å². The normalized spacial score (nSPS) is 24.1. The minimum Gasteiger partial charge on any atom is -0.444 e. The quantitative estimate of drug-likeness (QED) is 0.735. The van der Waals surface area contributed by atoms with E-state index in [4.69, 9.17) is 4.52 Å². The molecule has 2 rings (SSSR count). The zero-order valence-corrected chi connectivity index (χ0v) is 11.2. The maximum absolute atomic E-state index is 12.5. The molecule has 1 heterocycles. The number of alkyl halides is 3. The zero-order valence-electron chi connectivity index (χ0n) is 8.30. The van der Waals surface area contributed by atoms with Crippen LogP contribution in [0.25, 0.3) is 0 Å². The van der Waals surface area contributed by atoms with E-state index in [0.29, 0.717) is 17.8 Å². The summed E-state index contributed by atoms with van der Waals surface area (Å²) in [5.74, 6) is 0.211. The molecule has 94 valence electrons. The lowest BCUT2D eigenvalue weighted by Crippen LogP contribution is -2.19. The van der Waals surface area contributed by atoms with Crippen LogP contribution in [0, 0.1) is 0 Å². The fourth-order valence-electron chi connectivity index (χ4n) is 1.10. The molecule has 0 bridgehead atoms. The maximum atomic E-state index is 12.5. The summed E-state index contributed by atoms with van der Waals surface area (Å²) < 4.78 is 42.8. The SMILES string of the molecule is FC(F)(F)c1cccc(OP2NPNPN2)c1. The van der Waals surface area contributed by atoms with E-state index >= 15 is 0 Å². The average Bonchev–Trinajstić information content (AvgIpc) is 2.29. The Balaban J connectivity index is 2.05. The summed E-state index contributed by atoms with van der Waals surface area (Å²) in [6.45, 7) is 0. The van der Waals surface area contributed by atoms with Crippen molar-refractivity contribution in [1.29, 1.82) is 0 Å². The molecule has 2 atom stereocenters. The van der Waals surface area contributed by atoms with Crippen LogP contribution in [0.2, 0.25) is 0 Å². The van der Waals surface area contributed by atoms with Crippen molar-refractivity contribution in [3.05, 3.63) is 29.8 Å². The minimum atomic E-state index is -4.34. The monoisotopic (exact) mass is 301 g/mol. The zero-order chi connectivity index (χ0) is 12.3. The summed E-state index contributed by atoms with van der Waals surface area (Å²) in [5.41, 5.74) is -0.704. The molecule has 0 radical (unpaired) electrons.